The van der Waals surface area contributed by atoms with Crippen molar-refractivity contribution in [1.82, 2.24) is 25.1 Å². The average molecular weight is 252 g/mol. The summed E-state index contributed by atoms with van der Waals surface area (Å²) in [5.74, 6) is 1.60. The van der Waals surface area contributed by atoms with Crippen molar-refractivity contribution in [2.75, 3.05) is 13.1 Å². The summed E-state index contributed by atoms with van der Waals surface area (Å²) in [7, 11) is 0. The molecular weight excluding hydrogens is 228 g/mol. The molecule has 6 heteroatoms. The number of hydrogen-bond donors (Lipinski definition) is 1. The second-order valence-electron chi connectivity index (χ2n) is 5.31. The van der Waals surface area contributed by atoms with Crippen LogP contribution in [0.15, 0.2) is 0 Å². The van der Waals surface area contributed by atoms with Crippen LogP contribution in [0.25, 0.3) is 0 Å². The van der Waals surface area contributed by atoms with E-state index in [1.165, 1.54) is 6.42 Å². The lowest BCUT2D eigenvalue weighted by Crippen LogP contribution is -2.30. The van der Waals surface area contributed by atoms with E-state index in [0.717, 1.165) is 44.8 Å². The second kappa shape index (κ2) is 6.24. The number of aromatic nitrogens is 4. The van der Waals surface area contributed by atoms with E-state index in [-0.39, 0.29) is 6.04 Å². The molecule has 0 aliphatic carbocycles. The predicted octanol–water partition coefficient (Wildman–Crippen LogP) is 0.642. The molecule has 102 valence electrons. The second-order valence-corrected chi connectivity index (χ2v) is 5.31. The molecule has 1 aliphatic heterocycles. The van der Waals surface area contributed by atoms with Crippen LogP contribution in [0.4, 0.5) is 0 Å². The zero-order valence-corrected chi connectivity index (χ0v) is 11.4. The van der Waals surface area contributed by atoms with Gasteiger partial charge in [-0.3, -0.25) is 4.90 Å². The normalized spacial score (nSPS) is 22.5. The van der Waals surface area contributed by atoms with Gasteiger partial charge < -0.3 is 5.73 Å². The highest BCUT2D eigenvalue weighted by molar-refractivity contribution is 4.87. The van der Waals surface area contributed by atoms with Gasteiger partial charge in [0.1, 0.15) is 0 Å². The molecule has 2 atom stereocenters. The first-order valence-corrected chi connectivity index (χ1v) is 6.93. The lowest BCUT2D eigenvalue weighted by atomic mass is 10.0. The minimum atomic E-state index is 0.283. The summed E-state index contributed by atoms with van der Waals surface area (Å²) < 4.78 is 1.93. The van der Waals surface area contributed by atoms with Gasteiger partial charge in [0.25, 0.3) is 0 Å². The summed E-state index contributed by atoms with van der Waals surface area (Å²) in [6.45, 7) is 8.21. The molecule has 6 nitrogen and oxygen atoms in total. The van der Waals surface area contributed by atoms with E-state index in [2.05, 4.69) is 34.3 Å². The molecular formula is C12H24N6. The minimum absolute atomic E-state index is 0.283. The molecule has 0 radical (unpaired) electrons. The molecule has 1 fully saturated rings. The van der Waals surface area contributed by atoms with Gasteiger partial charge >= 0.3 is 0 Å². The van der Waals surface area contributed by atoms with Crippen molar-refractivity contribution >= 4 is 0 Å². The molecule has 18 heavy (non-hydrogen) atoms. The first-order valence-electron chi connectivity index (χ1n) is 6.93. The van der Waals surface area contributed by atoms with Crippen LogP contribution in [0.3, 0.4) is 0 Å². The van der Waals surface area contributed by atoms with Gasteiger partial charge in [0, 0.05) is 19.1 Å². The van der Waals surface area contributed by atoms with Gasteiger partial charge in [0.15, 0.2) is 5.82 Å². The van der Waals surface area contributed by atoms with Crippen LogP contribution in [-0.2, 0) is 13.1 Å². The zero-order chi connectivity index (χ0) is 13.0. The quantitative estimate of drug-likeness (QED) is 0.804. The van der Waals surface area contributed by atoms with Crippen molar-refractivity contribution in [3.8, 4) is 0 Å². The van der Waals surface area contributed by atoms with Crippen LogP contribution < -0.4 is 5.73 Å². The number of tetrazole rings is 1. The van der Waals surface area contributed by atoms with E-state index >= 15 is 0 Å². The molecule has 0 spiro atoms. The van der Waals surface area contributed by atoms with E-state index < -0.39 is 0 Å². The molecule has 2 heterocycles. The Kier molecular flexibility index (Phi) is 4.66. The fraction of sp³-hybridized carbons (Fsp3) is 0.917. The van der Waals surface area contributed by atoms with Crippen molar-refractivity contribution in [2.45, 2.75) is 52.2 Å². The van der Waals surface area contributed by atoms with E-state index in [1.54, 1.807) is 0 Å². The minimum Gasteiger partial charge on any atom is -0.328 e. The molecule has 0 bridgehead atoms. The Labute approximate surface area is 109 Å². The molecule has 1 saturated heterocycles. The van der Waals surface area contributed by atoms with Gasteiger partial charge in [0.05, 0.1) is 6.54 Å². The molecule has 2 rings (SSSR count). The van der Waals surface area contributed by atoms with Crippen molar-refractivity contribution in [1.29, 1.82) is 0 Å². The summed E-state index contributed by atoms with van der Waals surface area (Å²) in [6.07, 6.45) is 3.48. The number of nitrogens with two attached hydrogens (primary N) is 1. The SMILES string of the molecule is CCCCn1nnnc1CN1CCC(C(C)N)C1. The first-order chi connectivity index (χ1) is 8.70. The fourth-order valence-electron chi connectivity index (χ4n) is 2.45. The van der Waals surface area contributed by atoms with Crippen LogP contribution in [0.2, 0.25) is 0 Å². The maximum atomic E-state index is 5.96. The number of rotatable bonds is 6. The fourth-order valence-corrected chi connectivity index (χ4v) is 2.45. The Morgan fingerprint density at radius 1 is 1.50 bits per heavy atom. The maximum Gasteiger partial charge on any atom is 0.165 e. The Morgan fingerprint density at radius 2 is 2.33 bits per heavy atom. The zero-order valence-electron chi connectivity index (χ0n) is 11.4. The van der Waals surface area contributed by atoms with E-state index in [0.29, 0.717) is 5.92 Å². The first kappa shape index (κ1) is 13.4. The summed E-state index contributed by atoms with van der Waals surface area (Å²) in [6, 6.07) is 0.283. The number of nitrogens with zero attached hydrogens (tertiary/aromatic N) is 5. The van der Waals surface area contributed by atoms with Gasteiger partial charge in [-0.1, -0.05) is 13.3 Å². The van der Waals surface area contributed by atoms with E-state index in [1.807, 2.05) is 4.68 Å². The van der Waals surface area contributed by atoms with Crippen LogP contribution >= 0.6 is 0 Å². The van der Waals surface area contributed by atoms with E-state index in [4.69, 9.17) is 5.73 Å². The van der Waals surface area contributed by atoms with Gasteiger partial charge in [-0.25, -0.2) is 4.68 Å². The van der Waals surface area contributed by atoms with Crippen LogP contribution in [0.5, 0.6) is 0 Å². The lowest BCUT2D eigenvalue weighted by Gasteiger charge is -2.17. The largest absolute Gasteiger partial charge is 0.328 e. The summed E-state index contributed by atoms with van der Waals surface area (Å²) in [5, 5.41) is 12.0. The van der Waals surface area contributed by atoms with Crippen molar-refractivity contribution < 1.29 is 0 Å². The lowest BCUT2D eigenvalue weighted by molar-refractivity contribution is 0.293. The smallest absolute Gasteiger partial charge is 0.165 e. The van der Waals surface area contributed by atoms with Crippen LogP contribution in [0.1, 0.15) is 38.9 Å². The Balaban J connectivity index is 1.88. The molecule has 1 aromatic heterocycles. The van der Waals surface area contributed by atoms with Crippen molar-refractivity contribution in [3.05, 3.63) is 5.82 Å². The highest BCUT2D eigenvalue weighted by atomic mass is 15.5. The Hall–Kier alpha value is -1.01. The number of unbranched alkanes of at least 4 members (excludes halogenated alkanes) is 1. The third kappa shape index (κ3) is 3.26. The molecule has 2 unspecified atom stereocenters. The molecule has 0 amide bonds. The highest BCUT2D eigenvalue weighted by Gasteiger charge is 2.26. The molecule has 0 aromatic carbocycles. The molecule has 1 aromatic rings. The van der Waals surface area contributed by atoms with Crippen LogP contribution in [-0.4, -0.2) is 44.2 Å². The van der Waals surface area contributed by atoms with Crippen LogP contribution in [0, 0.1) is 5.92 Å². The maximum absolute atomic E-state index is 5.96. The van der Waals surface area contributed by atoms with Gasteiger partial charge in [-0.2, -0.15) is 0 Å². The van der Waals surface area contributed by atoms with E-state index in [9.17, 15) is 0 Å². The number of aryl methyl sites for hydroxylation is 1. The topological polar surface area (TPSA) is 72.9 Å². The summed E-state index contributed by atoms with van der Waals surface area (Å²) >= 11 is 0. The third-order valence-corrected chi connectivity index (χ3v) is 3.75. The molecule has 0 saturated carbocycles. The Morgan fingerprint density at radius 3 is 3.00 bits per heavy atom. The molecule has 2 N–H and O–H groups in total. The summed E-state index contributed by atoms with van der Waals surface area (Å²) in [5.41, 5.74) is 5.96. The number of likely N-dealkylation sites (tertiary alicyclic amines) is 1. The molecule has 1 aliphatic rings. The summed E-state index contributed by atoms with van der Waals surface area (Å²) in [4.78, 5) is 2.40. The van der Waals surface area contributed by atoms with Gasteiger partial charge in [0.2, 0.25) is 0 Å². The standard InChI is InChI=1S/C12H24N6/c1-3-4-6-18-12(14-15-16-18)9-17-7-5-11(8-17)10(2)13/h10-11H,3-9,13H2,1-2H3. The predicted molar refractivity (Wildman–Crippen MR) is 69.8 cm³/mol. The van der Waals surface area contributed by atoms with Crippen molar-refractivity contribution in [3.63, 3.8) is 0 Å². The third-order valence-electron chi connectivity index (χ3n) is 3.75. The Bertz CT molecular complexity index is 361. The highest BCUT2D eigenvalue weighted by Crippen LogP contribution is 2.19. The monoisotopic (exact) mass is 252 g/mol. The number of hydrogen-bond acceptors (Lipinski definition) is 5. The van der Waals surface area contributed by atoms with Crippen molar-refractivity contribution in [2.24, 2.45) is 11.7 Å². The van der Waals surface area contributed by atoms with Gasteiger partial charge in [-0.15, -0.1) is 5.10 Å². The van der Waals surface area contributed by atoms with Gasteiger partial charge in [-0.05, 0) is 42.7 Å². The average Bonchev–Trinajstić information content (AvgIpc) is 2.96.